The summed E-state index contributed by atoms with van der Waals surface area (Å²) in [7, 11) is -2.84. The fourth-order valence-electron chi connectivity index (χ4n) is 3.52. The van der Waals surface area contributed by atoms with Crippen molar-refractivity contribution in [2.45, 2.75) is 105 Å². The summed E-state index contributed by atoms with van der Waals surface area (Å²) in [5.41, 5.74) is 0. The van der Waals surface area contributed by atoms with Gasteiger partial charge in [-0.3, -0.25) is 4.57 Å². The minimum atomic E-state index is -2.84. The highest BCUT2D eigenvalue weighted by atomic mass is 31.1. The molecule has 0 aliphatic rings. The Morgan fingerprint density at radius 2 is 0.893 bits per heavy atom. The van der Waals surface area contributed by atoms with E-state index in [0.717, 1.165) is 0 Å². The number of rotatable bonds is 18. The zero-order chi connectivity index (χ0) is 21.6. The van der Waals surface area contributed by atoms with Crippen LogP contribution in [0, 0.1) is 0 Å². The second kappa shape index (κ2) is 14.9. The minimum Gasteiger partial charge on any atom is -0.348 e. The lowest BCUT2D eigenvalue weighted by Gasteiger charge is -2.40. The van der Waals surface area contributed by atoms with Crippen LogP contribution in [0.15, 0.2) is 0 Å². The van der Waals surface area contributed by atoms with Gasteiger partial charge in [-0.2, -0.15) is 0 Å². The normalized spacial score (nSPS) is 16.1. The molecule has 0 amide bonds. The summed E-state index contributed by atoms with van der Waals surface area (Å²) in [6.07, 6.45) is 1.32. The molecule has 0 aliphatic carbocycles. The van der Waals surface area contributed by atoms with Gasteiger partial charge in [-0.05, 0) is 40.5 Å². The van der Waals surface area contributed by atoms with Crippen molar-refractivity contribution in [1.82, 2.24) is 0 Å². The van der Waals surface area contributed by atoms with Crippen molar-refractivity contribution in [2.24, 2.45) is 0 Å². The van der Waals surface area contributed by atoms with Gasteiger partial charge in [0.1, 0.15) is 12.2 Å². The van der Waals surface area contributed by atoms with Crippen LogP contribution < -0.4 is 0 Å². The second-order valence-corrected chi connectivity index (χ2v) is 7.31. The van der Waals surface area contributed by atoms with E-state index in [-0.39, 0.29) is 0 Å². The van der Waals surface area contributed by atoms with Crippen molar-refractivity contribution in [3.63, 3.8) is 0 Å². The average molecular weight is 427 g/mol. The van der Waals surface area contributed by atoms with Gasteiger partial charge in [0.2, 0.25) is 0 Å². The molecule has 2 unspecified atom stereocenters. The summed E-state index contributed by atoms with van der Waals surface area (Å²) in [6, 6.07) is 0. The first kappa shape index (κ1) is 28.0. The molecule has 0 fully saturated rings. The lowest BCUT2D eigenvalue weighted by Crippen LogP contribution is -2.49. The summed E-state index contributed by atoms with van der Waals surface area (Å²) in [5.74, 6) is -1.88. The van der Waals surface area contributed by atoms with Crippen molar-refractivity contribution >= 4 is 8.25 Å². The topological polar surface area (TPSA) is 72.5 Å². The van der Waals surface area contributed by atoms with E-state index in [1.165, 1.54) is 0 Å². The fourth-order valence-corrected chi connectivity index (χ4v) is 4.74. The summed E-state index contributed by atoms with van der Waals surface area (Å²) in [6.45, 7) is 17.4. The SMILES string of the molecule is CCOC(CC)(OCC)C(CC)O[PH](=O)OC(CC)C(CC)(OCC)OCC. The third kappa shape index (κ3) is 7.67. The molecule has 0 saturated carbocycles. The zero-order valence-corrected chi connectivity index (χ0v) is 20.2. The van der Waals surface area contributed by atoms with E-state index in [9.17, 15) is 4.57 Å². The van der Waals surface area contributed by atoms with Gasteiger partial charge >= 0.3 is 8.25 Å². The Morgan fingerprint density at radius 3 is 1.07 bits per heavy atom. The predicted molar refractivity (Wildman–Crippen MR) is 112 cm³/mol. The maximum Gasteiger partial charge on any atom is 0.320 e. The van der Waals surface area contributed by atoms with Gasteiger partial charge in [-0.15, -0.1) is 0 Å². The summed E-state index contributed by atoms with van der Waals surface area (Å²) in [5, 5.41) is 0. The highest BCUT2D eigenvalue weighted by Gasteiger charge is 2.43. The molecule has 0 bridgehead atoms. The van der Waals surface area contributed by atoms with Crippen molar-refractivity contribution in [2.75, 3.05) is 26.4 Å². The Kier molecular flexibility index (Phi) is 14.9. The Bertz CT molecular complexity index is 371. The highest BCUT2D eigenvalue weighted by Crippen LogP contribution is 2.40. The summed E-state index contributed by atoms with van der Waals surface area (Å²) >= 11 is 0. The van der Waals surface area contributed by atoms with Gasteiger partial charge in [-0.25, -0.2) is 0 Å². The predicted octanol–water partition coefficient (Wildman–Crippen LogP) is 5.33. The Labute approximate surface area is 172 Å². The average Bonchev–Trinajstić information content (AvgIpc) is 2.69. The van der Waals surface area contributed by atoms with Crippen molar-refractivity contribution < 1.29 is 32.6 Å². The standard InChI is InChI=1S/C20H43O7P/c1-9-17(19(11-3,22-13-5)23-14-6)26-28(21)27-18(10-2)20(12-4,24-15-7)25-16-8/h17-18,28H,9-16H2,1-8H3. The maximum atomic E-state index is 12.8. The van der Waals surface area contributed by atoms with Gasteiger partial charge in [-0.1, -0.05) is 27.7 Å². The van der Waals surface area contributed by atoms with Crippen LogP contribution in [0.4, 0.5) is 0 Å². The molecule has 2 atom stereocenters. The molecule has 28 heavy (non-hydrogen) atoms. The van der Waals surface area contributed by atoms with Gasteiger partial charge in [0.25, 0.3) is 0 Å². The maximum absolute atomic E-state index is 12.8. The first-order chi connectivity index (χ1) is 13.4. The molecule has 0 saturated heterocycles. The number of ether oxygens (including phenoxy) is 4. The van der Waals surface area contributed by atoms with Crippen LogP contribution in [-0.4, -0.2) is 50.2 Å². The summed E-state index contributed by atoms with van der Waals surface area (Å²) < 4.78 is 48.1. The molecule has 0 spiro atoms. The first-order valence-corrected chi connectivity index (χ1v) is 12.0. The summed E-state index contributed by atoms with van der Waals surface area (Å²) in [4.78, 5) is 0. The molecular formula is C20H43O7P. The zero-order valence-electron chi connectivity index (χ0n) is 19.2. The van der Waals surface area contributed by atoms with Gasteiger partial charge in [0.15, 0.2) is 11.6 Å². The molecule has 0 radical (unpaired) electrons. The molecule has 0 aromatic heterocycles. The van der Waals surface area contributed by atoms with E-state index in [4.69, 9.17) is 28.0 Å². The first-order valence-electron chi connectivity index (χ1n) is 10.8. The lowest BCUT2D eigenvalue weighted by molar-refractivity contribution is -0.284. The third-order valence-electron chi connectivity index (χ3n) is 4.74. The third-order valence-corrected chi connectivity index (χ3v) is 5.69. The van der Waals surface area contributed by atoms with Crippen LogP contribution in [0.3, 0.4) is 0 Å². The van der Waals surface area contributed by atoms with Crippen molar-refractivity contribution in [3.05, 3.63) is 0 Å². The second-order valence-electron chi connectivity index (χ2n) is 6.34. The Morgan fingerprint density at radius 1 is 0.607 bits per heavy atom. The highest BCUT2D eigenvalue weighted by molar-refractivity contribution is 7.33. The fraction of sp³-hybridized carbons (Fsp3) is 1.00. The number of hydrogen-bond donors (Lipinski definition) is 0. The monoisotopic (exact) mass is 426 g/mol. The van der Waals surface area contributed by atoms with E-state index in [2.05, 4.69) is 0 Å². The molecule has 0 aromatic rings. The largest absolute Gasteiger partial charge is 0.348 e. The van der Waals surface area contributed by atoms with Crippen LogP contribution in [0.5, 0.6) is 0 Å². The molecule has 170 valence electrons. The van der Waals surface area contributed by atoms with Crippen LogP contribution in [-0.2, 0) is 32.6 Å². The minimum absolute atomic E-state index is 0.473. The van der Waals surface area contributed by atoms with Gasteiger partial charge in [0, 0.05) is 39.3 Å². The molecule has 0 heterocycles. The van der Waals surface area contributed by atoms with Crippen molar-refractivity contribution in [1.29, 1.82) is 0 Å². The number of hydrogen-bond acceptors (Lipinski definition) is 7. The van der Waals surface area contributed by atoms with Crippen molar-refractivity contribution in [3.8, 4) is 0 Å². The Balaban J connectivity index is 5.41. The van der Waals surface area contributed by atoms with E-state index < -0.39 is 32.0 Å². The van der Waals surface area contributed by atoms with E-state index in [0.29, 0.717) is 52.1 Å². The van der Waals surface area contributed by atoms with Gasteiger partial charge < -0.3 is 28.0 Å². The van der Waals surface area contributed by atoms with E-state index in [1.807, 2.05) is 55.4 Å². The molecule has 0 rings (SSSR count). The molecule has 0 N–H and O–H groups in total. The van der Waals surface area contributed by atoms with Crippen LogP contribution in [0.2, 0.25) is 0 Å². The molecule has 0 aromatic carbocycles. The lowest BCUT2D eigenvalue weighted by atomic mass is 10.0. The van der Waals surface area contributed by atoms with Crippen LogP contribution in [0.1, 0.15) is 81.1 Å². The molecule has 7 nitrogen and oxygen atoms in total. The molecule has 8 heteroatoms. The quantitative estimate of drug-likeness (QED) is 0.217. The molecular weight excluding hydrogens is 383 g/mol. The smallest absolute Gasteiger partial charge is 0.320 e. The van der Waals surface area contributed by atoms with Gasteiger partial charge in [0.05, 0.1) is 0 Å². The van der Waals surface area contributed by atoms with E-state index in [1.54, 1.807) is 0 Å². The van der Waals surface area contributed by atoms with Crippen LogP contribution >= 0.6 is 8.25 Å². The Hall–Kier alpha value is -0.0100. The molecule has 0 aliphatic heterocycles. The van der Waals surface area contributed by atoms with Crippen LogP contribution in [0.25, 0.3) is 0 Å². The van der Waals surface area contributed by atoms with E-state index >= 15 is 0 Å².